The van der Waals surface area contributed by atoms with Crippen LogP contribution >= 0.6 is 0 Å². The highest BCUT2D eigenvalue weighted by atomic mass is 16.4. The lowest BCUT2D eigenvalue weighted by Gasteiger charge is -2.18. The van der Waals surface area contributed by atoms with E-state index in [1.165, 1.54) is 0 Å². The van der Waals surface area contributed by atoms with E-state index in [0.29, 0.717) is 19.3 Å². The Morgan fingerprint density at radius 3 is 2.59 bits per heavy atom. The SMILES string of the molecule is CC#CCC(C)[C@H](O)/C=C/[C@H]1[C@H](O)CC(=O)[C@@H]1CC(=O)CCCCC(=O)O. The average Bonchev–Trinajstić information content (AvgIpc) is 2.87. The van der Waals surface area contributed by atoms with E-state index in [0.717, 1.165) is 0 Å². The number of aliphatic carboxylic acids is 1. The van der Waals surface area contributed by atoms with Gasteiger partial charge in [0.25, 0.3) is 0 Å². The zero-order valence-corrected chi connectivity index (χ0v) is 16.1. The molecule has 6 heteroatoms. The van der Waals surface area contributed by atoms with Crippen LogP contribution in [0.15, 0.2) is 12.2 Å². The molecule has 0 amide bonds. The van der Waals surface area contributed by atoms with Crippen molar-refractivity contribution in [3.05, 3.63) is 12.2 Å². The van der Waals surface area contributed by atoms with Crippen LogP contribution in [0.1, 0.15) is 58.8 Å². The number of carbonyl (C=O) groups excluding carboxylic acids is 2. The van der Waals surface area contributed by atoms with Gasteiger partial charge in [-0.1, -0.05) is 19.1 Å². The zero-order valence-electron chi connectivity index (χ0n) is 16.1. The molecular weight excluding hydrogens is 348 g/mol. The fraction of sp³-hybridized carbons (Fsp3) is 0.667. The number of hydrogen-bond donors (Lipinski definition) is 3. The second kappa shape index (κ2) is 11.7. The summed E-state index contributed by atoms with van der Waals surface area (Å²) in [6.45, 7) is 3.60. The quantitative estimate of drug-likeness (QED) is 0.288. The predicted molar refractivity (Wildman–Crippen MR) is 101 cm³/mol. The maximum atomic E-state index is 12.2. The van der Waals surface area contributed by atoms with E-state index < -0.39 is 30.0 Å². The van der Waals surface area contributed by atoms with E-state index in [2.05, 4.69) is 11.8 Å². The minimum atomic E-state index is -0.889. The Morgan fingerprint density at radius 2 is 1.96 bits per heavy atom. The highest BCUT2D eigenvalue weighted by Gasteiger charge is 2.40. The average molecular weight is 378 g/mol. The molecule has 1 saturated carbocycles. The van der Waals surface area contributed by atoms with E-state index in [4.69, 9.17) is 5.11 Å². The molecule has 1 unspecified atom stereocenters. The van der Waals surface area contributed by atoms with Crippen molar-refractivity contribution in [1.82, 2.24) is 0 Å². The van der Waals surface area contributed by atoms with Crippen LogP contribution in [0.2, 0.25) is 0 Å². The van der Waals surface area contributed by atoms with Gasteiger partial charge in [-0.2, -0.15) is 0 Å². The Hall–Kier alpha value is -1.97. The molecule has 6 nitrogen and oxygen atoms in total. The topological polar surface area (TPSA) is 112 Å². The fourth-order valence-electron chi connectivity index (χ4n) is 3.25. The summed E-state index contributed by atoms with van der Waals surface area (Å²) in [5, 5.41) is 28.9. The first kappa shape index (κ1) is 23.1. The molecule has 0 aromatic carbocycles. The normalized spacial score (nSPS) is 24.4. The summed E-state index contributed by atoms with van der Waals surface area (Å²) < 4.78 is 0. The van der Waals surface area contributed by atoms with Crippen LogP contribution in [-0.2, 0) is 14.4 Å². The summed E-state index contributed by atoms with van der Waals surface area (Å²) in [6.07, 6.45) is 3.42. The maximum absolute atomic E-state index is 12.2. The molecule has 1 aliphatic carbocycles. The summed E-state index contributed by atoms with van der Waals surface area (Å²) >= 11 is 0. The first-order chi connectivity index (χ1) is 12.8. The third kappa shape index (κ3) is 8.06. The van der Waals surface area contributed by atoms with Crippen LogP contribution in [0, 0.1) is 29.6 Å². The summed E-state index contributed by atoms with van der Waals surface area (Å²) in [5.74, 6) is 3.42. The van der Waals surface area contributed by atoms with Crippen molar-refractivity contribution in [3.63, 3.8) is 0 Å². The predicted octanol–water partition coefficient (Wildman–Crippen LogP) is 2.12. The largest absolute Gasteiger partial charge is 0.481 e. The van der Waals surface area contributed by atoms with Crippen LogP contribution in [0.3, 0.4) is 0 Å². The number of hydrogen-bond acceptors (Lipinski definition) is 5. The highest BCUT2D eigenvalue weighted by molar-refractivity contribution is 5.90. The van der Waals surface area contributed by atoms with Gasteiger partial charge in [-0.05, 0) is 25.7 Å². The lowest BCUT2D eigenvalue weighted by molar-refractivity contribution is -0.137. The number of aliphatic hydroxyl groups is 2. The van der Waals surface area contributed by atoms with E-state index in [1.54, 1.807) is 19.1 Å². The Kier molecular flexibility index (Phi) is 9.98. The zero-order chi connectivity index (χ0) is 20.4. The molecule has 1 fully saturated rings. The first-order valence-corrected chi connectivity index (χ1v) is 9.46. The van der Waals surface area contributed by atoms with Gasteiger partial charge in [0.1, 0.15) is 11.6 Å². The van der Waals surface area contributed by atoms with Crippen LogP contribution in [0.5, 0.6) is 0 Å². The van der Waals surface area contributed by atoms with Crippen LogP contribution in [-0.4, -0.2) is 45.1 Å². The van der Waals surface area contributed by atoms with E-state index >= 15 is 0 Å². The summed E-state index contributed by atoms with van der Waals surface area (Å²) in [7, 11) is 0. The van der Waals surface area contributed by atoms with Crippen molar-refractivity contribution in [2.75, 3.05) is 0 Å². The maximum Gasteiger partial charge on any atom is 0.303 e. The van der Waals surface area contributed by atoms with Crippen molar-refractivity contribution < 1.29 is 29.7 Å². The number of unbranched alkanes of at least 4 members (excludes halogenated alkanes) is 1. The second-order valence-electron chi connectivity index (χ2n) is 7.25. The highest BCUT2D eigenvalue weighted by Crippen LogP contribution is 2.33. The number of carboxylic acid groups (broad SMARTS) is 1. The number of carbonyl (C=O) groups is 3. The molecule has 0 bridgehead atoms. The third-order valence-corrected chi connectivity index (χ3v) is 4.99. The van der Waals surface area contributed by atoms with Crippen molar-refractivity contribution in [1.29, 1.82) is 0 Å². The van der Waals surface area contributed by atoms with Gasteiger partial charge in [0.2, 0.25) is 0 Å². The minimum Gasteiger partial charge on any atom is -0.481 e. The molecule has 0 spiro atoms. The van der Waals surface area contributed by atoms with E-state index in [-0.39, 0.29) is 43.2 Å². The molecule has 27 heavy (non-hydrogen) atoms. The van der Waals surface area contributed by atoms with Crippen LogP contribution < -0.4 is 0 Å². The molecule has 1 aliphatic rings. The standard InChI is InChI=1S/C21H30O6/c1-3-4-7-14(2)18(23)11-10-16-17(20(25)13-19(16)24)12-15(22)8-5-6-9-21(26)27/h10-11,14,16-19,23-24H,5-9,12-13H2,1-2H3,(H,26,27)/b11-10+/t14?,16-,17-,18-,19-/m1/s1. The van der Waals surface area contributed by atoms with Gasteiger partial charge in [0, 0.05) is 43.9 Å². The second-order valence-corrected chi connectivity index (χ2v) is 7.25. The Balaban J connectivity index is 2.62. The number of Topliss-reactive ketones (excluding diaryl/α,β-unsaturated/α-hetero) is 2. The van der Waals surface area contributed by atoms with Gasteiger partial charge in [-0.3, -0.25) is 14.4 Å². The molecule has 0 heterocycles. The Labute approximate surface area is 160 Å². The summed E-state index contributed by atoms with van der Waals surface area (Å²) in [6, 6.07) is 0. The van der Waals surface area contributed by atoms with Gasteiger partial charge in [0.05, 0.1) is 12.2 Å². The van der Waals surface area contributed by atoms with Gasteiger partial charge in [-0.25, -0.2) is 0 Å². The van der Waals surface area contributed by atoms with E-state index in [1.807, 2.05) is 6.92 Å². The molecule has 0 saturated heterocycles. The Bertz CT molecular complexity index is 612. The fourth-order valence-corrected chi connectivity index (χ4v) is 3.25. The van der Waals surface area contributed by atoms with Crippen molar-refractivity contribution in [2.45, 2.75) is 71.0 Å². The molecule has 0 radical (unpaired) electrons. The lowest BCUT2D eigenvalue weighted by atomic mass is 9.87. The van der Waals surface area contributed by atoms with Gasteiger partial charge < -0.3 is 15.3 Å². The Morgan fingerprint density at radius 1 is 1.30 bits per heavy atom. The number of rotatable bonds is 11. The monoisotopic (exact) mass is 378 g/mol. The molecular formula is C21H30O6. The first-order valence-electron chi connectivity index (χ1n) is 9.46. The number of carboxylic acids is 1. The molecule has 5 atom stereocenters. The molecule has 1 rings (SSSR count). The van der Waals surface area contributed by atoms with Gasteiger partial charge >= 0.3 is 5.97 Å². The van der Waals surface area contributed by atoms with Crippen LogP contribution in [0.4, 0.5) is 0 Å². The smallest absolute Gasteiger partial charge is 0.303 e. The molecule has 0 aromatic rings. The van der Waals surface area contributed by atoms with Crippen molar-refractivity contribution in [3.8, 4) is 11.8 Å². The van der Waals surface area contributed by atoms with Crippen molar-refractivity contribution >= 4 is 17.5 Å². The number of ketones is 2. The molecule has 3 N–H and O–H groups in total. The summed E-state index contributed by atoms with van der Waals surface area (Å²) in [5.41, 5.74) is 0. The van der Waals surface area contributed by atoms with E-state index in [9.17, 15) is 24.6 Å². The molecule has 0 aromatic heterocycles. The lowest BCUT2D eigenvalue weighted by Crippen LogP contribution is -2.23. The number of aliphatic hydroxyl groups excluding tert-OH is 2. The van der Waals surface area contributed by atoms with Gasteiger partial charge in [-0.15, -0.1) is 11.8 Å². The van der Waals surface area contributed by atoms with Gasteiger partial charge in [0.15, 0.2) is 0 Å². The third-order valence-electron chi connectivity index (χ3n) is 4.99. The molecule has 150 valence electrons. The molecule has 0 aliphatic heterocycles. The van der Waals surface area contributed by atoms with Crippen LogP contribution in [0.25, 0.3) is 0 Å². The minimum absolute atomic E-state index is 0.0128. The van der Waals surface area contributed by atoms with Crippen molar-refractivity contribution in [2.24, 2.45) is 17.8 Å². The summed E-state index contributed by atoms with van der Waals surface area (Å²) in [4.78, 5) is 34.8.